The number of rotatable bonds is 5. The summed E-state index contributed by atoms with van der Waals surface area (Å²) in [5.41, 5.74) is 2.20. The minimum absolute atomic E-state index is 0.382. The summed E-state index contributed by atoms with van der Waals surface area (Å²) in [5.74, 6) is 0.0648. The summed E-state index contributed by atoms with van der Waals surface area (Å²) in [6, 6.07) is 3.92. The van der Waals surface area contributed by atoms with Crippen molar-refractivity contribution in [3.05, 3.63) is 23.3 Å². The second kappa shape index (κ2) is 5.29. The highest BCUT2D eigenvalue weighted by Gasteiger charge is 2.26. The van der Waals surface area contributed by atoms with E-state index < -0.39 is 11.4 Å². The summed E-state index contributed by atoms with van der Waals surface area (Å²) in [5, 5.41) is 12.2. The molecule has 1 aromatic carbocycles. The smallest absolute Gasteiger partial charge is 0.310 e. The van der Waals surface area contributed by atoms with Crippen LogP contribution in [0, 0.1) is 19.3 Å². The van der Waals surface area contributed by atoms with Gasteiger partial charge in [-0.15, -0.1) is 0 Å². The number of aryl methyl sites for hydroxylation is 2. The van der Waals surface area contributed by atoms with Crippen molar-refractivity contribution in [1.82, 2.24) is 0 Å². The first kappa shape index (κ1) is 14.4. The fourth-order valence-corrected chi connectivity index (χ4v) is 1.77. The average Bonchev–Trinajstić information content (AvgIpc) is 2.26. The van der Waals surface area contributed by atoms with Gasteiger partial charge in [-0.05, 0) is 51.0 Å². The molecule has 4 nitrogen and oxygen atoms in total. The number of benzene rings is 1. The predicted molar refractivity (Wildman–Crippen MR) is 72.4 cm³/mol. The summed E-state index contributed by atoms with van der Waals surface area (Å²) in [6.07, 6.45) is 0. The van der Waals surface area contributed by atoms with E-state index in [4.69, 9.17) is 9.84 Å². The second-order valence-corrected chi connectivity index (χ2v) is 5.19. The van der Waals surface area contributed by atoms with Gasteiger partial charge in [0.25, 0.3) is 0 Å². The number of hydrogen-bond donors (Lipinski definition) is 2. The van der Waals surface area contributed by atoms with Crippen LogP contribution in [0.25, 0.3) is 0 Å². The number of nitrogens with one attached hydrogen (secondary N) is 1. The molecule has 1 rings (SSSR count). The number of methoxy groups -OCH3 is 1. The van der Waals surface area contributed by atoms with Gasteiger partial charge in [0.05, 0.1) is 12.5 Å². The molecule has 0 fully saturated rings. The molecule has 0 atom stereocenters. The highest BCUT2D eigenvalue weighted by Crippen LogP contribution is 2.27. The lowest BCUT2D eigenvalue weighted by molar-refractivity contribution is -0.146. The molecule has 0 saturated heterocycles. The van der Waals surface area contributed by atoms with Crippen molar-refractivity contribution >= 4 is 11.7 Å². The summed E-state index contributed by atoms with van der Waals surface area (Å²) >= 11 is 0. The first-order valence-electron chi connectivity index (χ1n) is 5.90. The van der Waals surface area contributed by atoms with E-state index in [-0.39, 0.29) is 0 Å². The van der Waals surface area contributed by atoms with Crippen LogP contribution in [0.1, 0.15) is 25.0 Å². The maximum Gasteiger partial charge on any atom is 0.310 e. The lowest BCUT2D eigenvalue weighted by Gasteiger charge is -2.21. The van der Waals surface area contributed by atoms with E-state index in [1.54, 1.807) is 21.0 Å². The molecular formula is C14H21NO3. The number of anilines is 1. The normalized spacial score (nSPS) is 11.2. The number of ether oxygens (including phenoxy) is 1. The molecule has 0 amide bonds. The minimum Gasteiger partial charge on any atom is -0.496 e. The molecule has 4 heteroatoms. The largest absolute Gasteiger partial charge is 0.496 e. The Bertz CT molecular complexity index is 429. The fraction of sp³-hybridized carbons (Fsp3) is 0.500. The molecule has 0 saturated carbocycles. The molecule has 100 valence electrons. The molecule has 0 aliphatic rings. The number of aliphatic carboxylic acids is 1. The lowest BCUT2D eigenvalue weighted by atomic mass is 9.93. The van der Waals surface area contributed by atoms with Gasteiger partial charge in [-0.25, -0.2) is 0 Å². The van der Waals surface area contributed by atoms with E-state index in [0.717, 1.165) is 22.6 Å². The van der Waals surface area contributed by atoms with E-state index in [1.807, 2.05) is 26.0 Å². The molecular weight excluding hydrogens is 230 g/mol. The quantitative estimate of drug-likeness (QED) is 0.844. The van der Waals surface area contributed by atoms with Crippen LogP contribution in [-0.4, -0.2) is 24.7 Å². The molecule has 0 aliphatic heterocycles. The number of carbonyl (C=O) groups is 1. The molecule has 0 spiro atoms. The molecule has 0 radical (unpaired) electrons. The Kier molecular flexibility index (Phi) is 4.22. The Morgan fingerprint density at radius 2 is 1.83 bits per heavy atom. The summed E-state index contributed by atoms with van der Waals surface area (Å²) in [4.78, 5) is 11.0. The molecule has 2 N–H and O–H groups in total. The van der Waals surface area contributed by atoms with Crippen molar-refractivity contribution in [3.63, 3.8) is 0 Å². The highest BCUT2D eigenvalue weighted by molar-refractivity contribution is 5.74. The monoisotopic (exact) mass is 251 g/mol. The van der Waals surface area contributed by atoms with Crippen LogP contribution < -0.4 is 10.1 Å². The third-order valence-corrected chi connectivity index (χ3v) is 2.98. The van der Waals surface area contributed by atoms with E-state index in [0.29, 0.717) is 6.54 Å². The molecule has 0 aliphatic carbocycles. The zero-order valence-electron chi connectivity index (χ0n) is 11.6. The fourth-order valence-electron chi connectivity index (χ4n) is 1.77. The van der Waals surface area contributed by atoms with Crippen molar-refractivity contribution in [2.24, 2.45) is 5.41 Å². The van der Waals surface area contributed by atoms with Crippen LogP contribution >= 0.6 is 0 Å². The zero-order valence-corrected chi connectivity index (χ0v) is 11.6. The molecule has 1 aromatic rings. The number of carboxylic acids is 1. The van der Waals surface area contributed by atoms with Crippen LogP contribution in [0.15, 0.2) is 12.1 Å². The maximum atomic E-state index is 11.0. The Hall–Kier alpha value is -1.71. The van der Waals surface area contributed by atoms with Crippen molar-refractivity contribution < 1.29 is 14.6 Å². The topological polar surface area (TPSA) is 58.6 Å². The predicted octanol–water partition coefficient (Wildman–Crippen LogP) is 2.83. The molecule has 0 bridgehead atoms. The third-order valence-electron chi connectivity index (χ3n) is 2.98. The van der Waals surface area contributed by atoms with Crippen LogP contribution in [-0.2, 0) is 4.79 Å². The van der Waals surface area contributed by atoms with Gasteiger partial charge in [-0.3, -0.25) is 4.79 Å². The van der Waals surface area contributed by atoms with Gasteiger partial charge in [0.2, 0.25) is 0 Å². The SMILES string of the molecule is COc1c(C)cc(NCC(C)(C)C(=O)O)cc1C. The van der Waals surface area contributed by atoms with E-state index in [9.17, 15) is 4.79 Å². The van der Waals surface area contributed by atoms with Crippen LogP contribution in [0.2, 0.25) is 0 Å². The Labute approximate surface area is 108 Å². The van der Waals surface area contributed by atoms with E-state index in [2.05, 4.69) is 5.32 Å². The summed E-state index contributed by atoms with van der Waals surface area (Å²) in [6.45, 7) is 7.73. The van der Waals surface area contributed by atoms with Crippen molar-refractivity contribution in [3.8, 4) is 5.75 Å². The van der Waals surface area contributed by atoms with Crippen LogP contribution in [0.4, 0.5) is 5.69 Å². The molecule has 0 unspecified atom stereocenters. The highest BCUT2D eigenvalue weighted by atomic mass is 16.5. The summed E-state index contributed by atoms with van der Waals surface area (Å²) < 4.78 is 5.29. The van der Waals surface area contributed by atoms with Gasteiger partial charge in [0.1, 0.15) is 5.75 Å². The Balaban J connectivity index is 2.84. The molecule has 0 aromatic heterocycles. The minimum atomic E-state index is -0.808. The first-order chi connectivity index (χ1) is 8.27. The number of hydrogen-bond acceptors (Lipinski definition) is 3. The van der Waals surface area contributed by atoms with Crippen molar-refractivity contribution in [1.29, 1.82) is 0 Å². The van der Waals surface area contributed by atoms with Gasteiger partial charge < -0.3 is 15.2 Å². The molecule has 0 heterocycles. The van der Waals surface area contributed by atoms with Gasteiger partial charge in [0, 0.05) is 12.2 Å². The van der Waals surface area contributed by atoms with Gasteiger partial charge >= 0.3 is 5.97 Å². The maximum absolute atomic E-state index is 11.0. The van der Waals surface area contributed by atoms with Gasteiger partial charge in [0.15, 0.2) is 0 Å². The van der Waals surface area contributed by atoms with Crippen molar-refractivity contribution in [2.45, 2.75) is 27.7 Å². The van der Waals surface area contributed by atoms with Gasteiger partial charge in [-0.1, -0.05) is 0 Å². The molecule has 18 heavy (non-hydrogen) atoms. The van der Waals surface area contributed by atoms with Crippen molar-refractivity contribution in [2.75, 3.05) is 19.0 Å². The van der Waals surface area contributed by atoms with Gasteiger partial charge in [-0.2, -0.15) is 0 Å². The Morgan fingerprint density at radius 3 is 2.22 bits per heavy atom. The number of carboxylic acid groups (broad SMARTS) is 1. The van der Waals surface area contributed by atoms with Crippen LogP contribution in [0.5, 0.6) is 5.75 Å². The Morgan fingerprint density at radius 1 is 1.33 bits per heavy atom. The van der Waals surface area contributed by atoms with E-state index >= 15 is 0 Å². The standard InChI is InChI=1S/C14H21NO3/c1-9-6-11(7-10(2)12(9)18-5)15-8-14(3,4)13(16)17/h6-7,15H,8H2,1-5H3,(H,16,17). The second-order valence-electron chi connectivity index (χ2n) is 5.19. The zero-order chi connectivity index (χ0) is 13.9. The lowest BCUT2D eigenvalue weighted by Crippen LogP contribution is -2.31. The average molecular weight is 251 g/mol. The van der Waals surface area contributed by atoms with E-state index in [1.165, 1.54) is 0 Å². The third kappa shape index (κ3) is 3.15. The summed E-state index contributed by atoms with van der Waals surface area (Å²) in [7, 11) is 1.65. The first-order valence-corrected chi connectivity index (χ1v) is 5.90. The van der Waals surface area contributed by atoms with Crippen LogP contribution in [0.3, 0.4) is 0 Å².